The van der Waals surface area contributed by atoms with Gasteiger partial charge in [0, 0.05) is 6.42 Å². The number of carbonyl (C=O) groups excluding carboxylic acids is 1. The van der Waals surface area contributed by atoms with Crippen LogP contribution in [-0.4, -0.2) is 23.0 Å². The zero-order chi connectivity index (χ0) is 9.56. The molecular weight excluding hydrogens is 174 g/mol. The molecule has 0 spiro atoms. The van der Waals surface area contributed by atoms with Gasteiger partial charge in [-0.2, -0.15) is 12.6 Å². The van der Waals surface area contributed by atoms with Gasteiger partial charge in [-0.25, -0.2) is 0 Å². The molecule has 0 heterocycles. The lowest BCUT2D eigenvalue weighted by molar-refractivity contribution is -0.121. The van der Waals surface area contributed by atoms with Crippen LogP contribution in [0.5, 0.6) is 0 Å². The highest BCUT2D eigenvalue weighted by molar-refractivity contribution is 7.80. The summed E-state index contributed by atoms with van der Waals surface area (Å²) in [5.74, 6) is 0.487. The summed E-state index contributed by atoms with van der Waals surface area (Å²) in [7, 11) is 0. The molecule has 2 N–H and O–H groups in total. The van der Waals surface area contributed by atoms with Crippen molar-refractivity contribution in [2.75, 3.05) is 6.61 Å². The molecule has 12 heavy (non-hydrogen) atoms. The van der Waals surface area contributed by atoms with Crippen LogP contribution in [0.3, 0.4) is 0 Å². The van der Waals surface area contributed by atoms with Gasteiger partial charge in [0.1, 0.15) is 0 Å². The highest BCUT2D eigenvalue weighted by atomic mass is 32.1. The number of rotatable bonds is 5. The van der Waals surface area contributed by atoms with Gasteiger partial charge in [0.05, 0.1) is 12.0 Å². The first-order valence-electron chi connectivity index (χ1n) is 4.14. The van der Waals surface area contributed by atoms with Gasteiger partial charge in [0.2, 0.25) is 5.91 Å². The van der Waals surface area contributed by atoms with E-state index in [1.807, 2.05) is 0 Å². The monoisotopic (exact) mass is 191 g/mol. The third-order valence-electron chi connectivity index (χ3n) is 1.45. The van der Waals surface area contributed by atoms with Crippen LogP contribution in [-0.2, 0) is 4.79 Å². The third-order valence-corrected chi connectivity index (χ3v) is 1.74. The number of carbonyl (C=O) groups is 1. The van der Waals surface area contributed by atoms with Crippen LogP contribution in [0.1, 0.15) is 26.7 Å². The quantitative estimate of drug-likeness (QED) is 0.444. The Balaban J connectivity index is 3.46. The summed E-state index contributed by atoms with van der Waals surface area (Å²) in [6.07, 6.45) is 1.38. The van der Waals surface area contributed by atoms with E-state index in [1.54, 1.807) is 0 Å². The van der Waals surface area contributed by atoms with Gasteiger partial charge in [0.25, 0.3) is 0 Å². The van der Waals surface area contributed by atoms with Crippen LogP contribution < -0.4 is 5.32 Å². The first-order valence-corrected chi connectivity index (χ1v) is 4.66. The number of thiol groups is 1. The fourth-order valence-electron chi connectivity index (χ4n) is 0.723. The Labute approximate surface area is 79.0 Å². The maximum Gasteiger partial charge on any atom is 0.220 e. The third kappa shape index (κ3) is 6.49. The largest absolute Gasteiger partial charge is 0.393 e. The molecule has 0 saturated heterocycles. The lowest BCUT2D eigenvalue weighted by Crippen LogP contribution is -2.33. The number of hydrogen-bond acceptors (Lipinski definition) is 3. The fraction of sp³-hybridized carbons (Fsp3) is 0.875. The van der Waals surface area contributed by atoms with Gasteiger partial charge < -0.3 is 10.4 Å². The first kappa shape index (κ1) is 11.8. The SMILES string of the molecule is CC(C)CCC(=O)NC(S)CO. The number of hydrogen-bond donors (Lipinski definition) is 3. The van der Waals surface area contributed by atoms with E-state index in [2.05, 4.69) is 31.8 Å². The average molecular weight is 191 g/mol. The maximum atomic E-state index is 11.0. The van der Waals surface area contributed by atoms with Crippen molar-refractivity contribution in [1.29, 1.82) is 0 Å². The summed E-state index contributed by atoms with van der Waals surface area (Å²) in [5, 5.41) is 10.7. The van der Waals surface area contributed by atoms with Crippen molar-refractivity contribution in [2.24, 2.45) is 5.92 Å². The molecule has 0 aliphatic heterocycles. The Bertz CT molecular complexity index is 139. The summed E-state index contributed by atoms with van der Waals surface area (Å²) in [6.45, 7) is 4.01. The molecule has 0 aliphatic carbocycles. The molecule has 0 fully saturated rings. The van der Waals surface area contributed by atoms with Gasteiger partial charge in [-0.15, -0.1) is 0 Å². The van der Waals surface area contributed by atoms with E-state index < -0.39 is 5.37 Å². The van der Waals surface area contributed by atoms with Crippen LogP contribution >= 0.6 is 12.6 Å². The summed E-state index contributed by atoms with van der Waals surface area (Å²) in [5.41, 5.74) is 0. The molecule has 0 aromatic carbocycles. The normalized spacial score (nSPS) is 13.1. The Hall–Kier alpha value is -0.220. The Morgan fingerprint density at radius 1 is 1.58 bits per heavy atom. The van der Waals surface area contributed by atoms with E-state index in [-0.39, 0.29) is 12.5 Å². The molecule has 0 aromatic heterocycles. The summed E-state index contributed by atoms with van der Waals surface area (Å²) in [4.78, 5) is 11.0. The second-order valence-electron chi connectivity index (χ2n) is 3.20. The fourth-order valence-corrected chi connectivity index (χ4v) is 0.867. The molecule has 1 unspecified atom stereocenters. The molecule has 0 rings (SSSR count). The Kier molecular flexibility index (Phi) is 6.20. The second-order valence-corrected chi connectivity index (χ2v) is 3.82. The van der Waals surface area contributed by atoms with Gasteiger partial charge in [-0.3, -0.25) is 4.79 Å². The van der Waals surface area contributed by atoms with E-state index in [0.29, 0.717) is 12.3 Å². The molecule has 4 heteroatoms. The number of aliphatic hydroxyl groups excluding tert-OH is 1. The van der Waals surface area contributed by atoms with E-state index in [4.69, 9.17) is 5.11 Å². The van der Waals surface area contributed by atoms with Crippen molar-refractivity contribution >= 4 is 18.5 Å². The minimum absolute atomic E-state index is 0.0437. The molecule has 72 valence electrons. The molecule has 1 atom stereocenters. The predicted octanol–water partition coefficient (Wildman–Crippen LogP) is 0.787. The molecule has 3 nitrogen and oxygen atoms in total. The first-order chi connectivity index (χ1) is 5.56. The minimum Gasteiger partial charge on any atom is -0.393 e. The zero-order valence-corrected chi connectivity index (χ0v) is 8.47. The smallest absolute Gasteiger partial charge is 0.220 e. The molecule has 0 aliphatic rings. The lowest BCUT2D eigenvalue weighted by atomic mass is 10.1. The van der Waals surface area contributed by atoms with Crippen LogP contribution in [0, 0.1) is 5.92 Å². The van der Waals surface area contributed by atoms with E-state index in [1.165, 1.54) is 0 Å². The van der Waals surface area contributed by atoms with Crippen LogP contribution in [0.4, 0.5) is 0 Å². The van der Waals surface area contributed by atoms with E-state index in [9.17, 15) is 4.79 Å². The number of amides is 1. The highest BCUT2D eigenvalue weighted by Crippen LogP contribution is 2.03. The Morgan fingerprint density at radius 2 is 2.17 bits per heavy atom. The molecular formula is C8H17NO2S. The molecule has 0 radical (unpaired) electrons. The van der Waals surface area contributed by atoms with Crippen LogP contribution in [0.15, 0.2) is 0 Å². The van der Waals surface area contributed by atoms with Crippen molar-refractivity contribution in [3.8, 4) is 0 Å². The summed E-state index contributed by atoms with van der Waals surface area (Å²) < 4.78 is 0. The standard InChI is InChI=1S/C8H17NO2S/c1-6(2)3-4-7(11)9-8(12)5-10/h6,8,10,12H,3-5H2,1-2H3,(H,9,11). The van der Waals surface area contributed by atoms with Gasteiger partial charge >= 0.3 is 0 Å². The lowest BCUT2D eigenvalue weighted by Gasteiger charge is -2.10. The van der Waals surface area contributed by atoms with E-state index >= 15 is 0 Å². The Morgan fingerprint density at radius 3 is 2.58 bits per heavy atom. The van der Waals surface area contributed by atoms with Gasteiger partial charge in [-0.05, 0) is 12.3 Å². The molecule has 1 amide bonds. The van der Waals surface area contributed by atoms with Crippen molar-refractivity contribution < 1.29 is 9.90 Å². The van der Waals surface area contributed by atoms with Crippen LogP contribution in [0.2, 0.25) is 0 Å². The summed E-state index contributed by atoms with van der Waals surface area (Å²) >= 11 is 3.93. The number of nitrogens with one attached hydrogen (secondary N) is 1. The average Bonchev–Trinajstić information content (AvgIpc) is 2.00. The van der Waals surface area contributed by atoms with Crippen molar-refractivity contribution in [3.63, 3.8) is 0 Å². The van der Waals surface area contributed by atoms with Crippen LogP contribution in [0.25, 0.3) is 0 Å². The summed E-state index contributed by atoms with van der Waals surface area (Å²) in [6, 6.07) is 0. The van der Waals surface area contributed by atoms with Gasteiger partial charge in [-0.1, -0.05) is 13.8 Å². The molecule has 0 aromatic rings. The second kappa shape index (κ2) is 6.31. The van der Waals surface area contributed by atoms with Crippen molar-refractivity contribution in [2.45, 2.75) is 32.1 Å². The minimum atomic E-state index is -0.426. The maximum absolute atomic E-state index is 11.0. The molecule has 0 saturated carbocycles. The van der Waals surface area contributed by atoms with E-state index in [0.717, 1.165) is 6.42 Å². The molecule has 0 bridgehead atoms. The van der Waals surface area contributed by atoms with Crippen molar-refractivity contribution in [1.82, 2.24) is 5.32 Å². The topological polar surface area (TPSA) is 49.3 Å². The van der Waals surface area contributed by atoms with Gasteiger partial charge in [0.15, 0.2) is 0 Å². The zero-order valence-electron chi connectivity index (χ0n) is 7.58. The predicted molar refractivity (Wildman–Crippen MR) is 52.1 cm³/mol. The highest BCUT2D eigenvalue weighted by Gasteiger charge is 2.06. The number of aliphatic hydroxyl groups is 1. The van der Waals surface area contributed by atoms with Crippen molar-refractivity contribution in [3.05, 3.63) is 0 Å².